The van der Waals surface area contributed by atoms with Crippen molar-refractivity contribution in [3.05, 3.63) is 64.5 Å². The van der Waals surface area contributed by atoms with Crippen molar-refractivity contribution in [2.45, 2.75) is 51.9 Å². The summed E-state index contributed by atoms with van der Waals surface area (Å²) >= 11 is 0. The second-order valence-corrected chi connectivity index (χ2v) is 11.2. The molecule has 1 aliphatic heterocycles. The molecule has 1 atom stereocenters. The monoisotopic (exact) mass is 529 g/mol. The third-order valence-electron chi connectivity index (χ3n) is 6.49. The van der Waals surface area contributed by atoms with Crippen LogP contribution in [0.3, 0.4) is 0 Å². The van der Waals surface area contributed by atoms with Gasteiger partial charge >= 0.3 is 6.18 Å². The van der Waals surface area contributed by atoms with Crippen molar-refractivity contribution in [2.75, 3.05) is 24.2 Å². The number of nitrogens with one attached hydrogen (secondary N) is 2. The Morgan fingerprint density at radius 3 is 2.31 bits per heavy atom. The number of carbonyl (C=O) groups excluding carboxylic acids is 1. The Bertz CT molecular complexity index is 1190. The van der Waals surface area contributed by atoms with Gasteiger partial charge in [0.15, 0.2) is 0 Å². The molecule has 198 valence electrons. The van der Waals surface area contributed by atoms with Crippen LogP contribution in [0.4, 0.5) is 23.2 Å². The van der Waals surface area contributed by atoms with Crippen LogP contribution in [0.1, 0.15) is 54.9 Å². The van der Waals surface area contributed by atoms with Crippen molar-refractivity contribution in [3.8, 4) is 0 Å². The molecule has 1 amide bonds. The van der Waals surface area contributed by atoms with Gasteiger partial charge in [-0.05, 0) is 55.0 Å². The first-order chi connectivity index (χ1) is 16.7. The molecule has 1 aliphatic rings. The lowest BCUT2D eigenvalue weighted by Crippen LogP contribution is -2.35. The standard InChI is InChI=1S/C25H31F4N3O3S/c1-16-8-10-32(11-9-16)23-13-21(25(27,28)29)7-6-20(23)14-30-24(33)17(2)18-4-5-19(22(26)12-18)15-31-36(3,34)35/h4-7,12-13,16-17,31H,8-11,14-15H2,1-3H3,(H,30,33). The summed E-state index contributed by atoms with van der Waals surface area (Å²) in [5, 5.41) is 2.76. The number of hydrogen-bond donors (Lipinski definition) is 2. The number of sulfonamides is 1. The van der Waals surface area contributed by atoms with E-state index in [1.165, 1.54) is 18.2 Å². The molecule has 36 heavy (non-hydrogen) atoms. The van der Waals surface area contributed by atoms with Crippen LogP contribution in [0.15, 0.2) is 36.4 Å². The lowest BCUT2D eigenvalue weighted by atomic mass is 9.97. The largest absolute Gasteiger partial charge is 0.416 e. The molecule has 1 unspecified atom stereocenters. The zero-order valence-electron chi connectivity index (χ0n) is 20.5. The summed E-state index contributed by atoms with van der Waals surface area (Å²) in [6.07, 6.45) is -1.75. The molecule has 6 nitrogen and oxygen atoms in total. The number of nitrogens with zero attached hydrogens (tertiary/aromatic N) is 1. The Morgan fingerprint density at radius 1 is 1.08 bits per heavy atom. The van der Waals surface area contributed by atoms with Crippen LogP contribution in [0, 0.1) is 11.7 Å². The van der Waals surface area contributed by atoms with E-state index in [9.17, 15) is 30.8 Å². The summed E-state index contributed by atoms with van der Waals surface area (Å²) in [4.78, 5) is 14.7. The fourth-order valence-electron chi connectivity index (χ4n) is 4.11. The van der Waals surface area contributed by atoms with Gasteiger partial charge in [0, 0.05) is 37.4 Å². The molecule has 2 N–H and O–H groups in total. The first kappa shape index (κ1) is 27.9. The highest BCUT2D eigenvalue weighted by molar-refractivity contribution is 7.88. The predicted octanol–water partition coefficient (Wildman–Crippen LogP) is 4.55. The maximum atomic E-state index is 14.5. The molecule has 0 spiro atoms. The van der Waals surface area contributed by atoms with Crippen LogP contribution < -0.4 is 14.9 Å². The van der Waals surface area contributed by atoms with E-state index in [1.54, 1.807) is 13.0 Å². The molecule has 2 aromatic rings. The molecule has 0 bridgehead atoms. The fraction of sp³-hybridized carbons (Fsp3) is 0.480. The van der Waals surface area contributed by atoms with E-state index in [1.807, 2.05) is 4.90 Å². The summed E-state index contributed by atoms with van der Waals surface area (Å²) in [5.41, 5.74) is 0.832. The van der Waals surface area contributed by atoms with Crippen molar-refractivity contribution in [2.24, 2.45) is 5.92 Å². The highest BCUT2D eigenvalue weighted by Crippen LogP contribution is 2.35. The van der Waals surface area contributed by atoms with Gasteiger partial charge in [-0.1, -0.05) is 25.1 Å². The van der Waals surface area contributed by atoms with Gasteiger partial charge in [-0.2, -0.15) is 13.2 Å². The Hall–Kier alpha value is -2.66. The zero-order valence-corrected chi connectivity index (χ0v) is 21.3. The van der Waals surface area contributed by atoms with Crippen LogP contribution >= 0.6 is 0 Å². The number of hydrogen-bond acceptors (Lipinski definition) is 4. The Kier molecular flexibility index (Phi) is 8.66. The number of rotatable bonds is 8. The van der Waals surface area contributed by atoms with E-state index >= 15 is 0 Å². The molecule has 1 heterocycles. The van der Waals surface area contributed by atoms with Gasteiger partial charge in [0.25, 0.3) is 0 Å². The molecule has 0 saturated carbocycles. The smallest absolute Gasteiger partial charge is 0.371 e. The van der Waals surface area contributed by atoms with Gasteiger partial charge in [0.2, 0.25) is 15.9 Å². The third kappa shape index (κ3) is 7.42. The van der Waals surface area contributed by atoms with E-state index in [-0.39, 0.29) is 18.7 Å². The number of carbonyl (C=O) groups is 1. The Morgan fingerprint density at radius 2 is 1.72 bits per heavy atom. The summed E-state index contributed by atoms with van der Waals surface area (Å²) in [6.45, 7) is 4.81. The molecule has 3 rings (SSSR count). The van der Waals surface area contributed by atoms with Crippen molar-refractivity contribution in [1.29, 1.82) is 0 Å². The molecule has 1 fully saturated rings. The summed E-state index contributed by atoms with van der Waals surface area (Å²) in [5.74, 6) is -1.28. The first-order valence-electron chi connectivity index (χ1n) is 11.7. The van der Waals surface area contributed by atoms with E-state index < -0.39 is 39.4 Å². The molecule has 1 saturated heterocycles. The van der Waals surface area contributed by atoms with E-state index in [0.717, 1.165) is 31.2 Å². The second-order valence-electron chi connectivity index (χ2n) is 9.39. The Balaban J connectivity index is 1.72. The minimum absolute atomic E-state index is 0.0293. The van der Waals surface area contributed by atoms with Crippen molar-refractivity contribution in [3.63, 3.8) is 0 Å². The summed E-state index contributed by atoms with van der Waals surface area (Å²) in [6, 6.07) is 7.69. The van der Waals surface area contributed by atoms with Crippen LogP contribution in [0.5, 0.6) is 0 Å². The second kappa shape index (κ2) is 11.2. The minimum atomic E-state index is -4.47. The van der Waals surface area contributed by atoms with Crippen LogP contribution in [-0.4, -0.2) is 33.7 Å². The van der Waals surface area contributed by atoms with Crippen molar-refractivity contribution < 1.29 is 30.8 Å². The third-order valence-corrected chi connectivity index (χ3v) is 7.15. The molecule has 0 aliphatic carbocycles. The van der Waals surface area contributed by atoms with Gasteiger partial charge in [0.05, 0.1) is 17.7 Å². The predicted molar refractivity (Wildman–Crippen MR) is 130 cm³/mol. The molecule has 11 heteroatoms. The molecule has 0 radical (unpaired) electrons. The number of halogens is 4. The lowest BCUT2D eigenvalue weighted by Gasteiger charge is -2.34. The number of amides is 1. The minimum Gasteiger partial charge on any atom is -0.371 e. The first-order valence-corrected chi connectivity index (χ1v) is 13.6. The number of benzene rings is 2. The normalized spacial score (nSPS) is 16.1. The summed E-state index contributed by atoms with van der Waals surface area (Å²) in [7, 11) is -3.48. The maximum absolute atomic E-state index is 14.5. The maximum Gasteiger partial charge on any atom is 0.416 e. The quantitative estimate of drug-likeness (QED) is 0.492. The summed E-state index contributed by atoms with van der Waals surface area (Å²) < 4.78 is 79.2. The van der Waals surface area contributed by atoms with Crippen molar-refractivity contribution >= 4 is 21.6 Å². The average molecular weight is 530 g/mol. The van der Waals surface area contributed by atoms with Gasteiger partial charge in [-0.25, -0.2) is 17.5 Å². The lowest BCUT2D eigenvalue weighted by molar-refractivity contribution is -0.137. The van der Waals surface area contributed by atoms with Crippen molar-refractivity contribution in [1.82, 2.24) is 10.0 Å². The number of alkyl halides is 3. The van der Waals surface area contributed by atoms with Crippen LogP contribution in [0.25, 0.3) is 0 Å². The number of piperidine rings is 1. The SMILES string of the molecule is CC1CCN(c2cc(C(F)(F)F)ccc2CNC(=O)C(C)c2ccc(CNS(C)(=O)=O)c(F)c2)CC1. The van der Waals surface area contributed by atoms with Gasteiger partial charge in [0.1, 0.15) is 5.82 Å². The highest BCUT2D eigenvalue weighted by atomic mass is 32.2. The van der Waals surface area contributed by atoms with Gasteiger partial charge in [-0.3, -0.25) is 4.79 Å². The Labute approximate surface area is 209 Å². The van der Waals surface area contributed by atoms with Crippen LogP contribution in [0.2, 0.25) is 0 Å². The van der Waals surface area contributed by atoms with Gasteiger partial charge < -0.3 is 10.2 Å². The van der Waals surface area contributed by atoms with E-state index in [4.69, 9.17) is 0 Å². The molecule has 0 aromatic heterocycles. The number of anilines is 1. The van der Waals surface area contributed by atoms with Gasteiger partial charge in [-0.15, -0.1) is 0 Å². The highest BCUT2D eigenvalue weighted by Gasteiger charge is 2.32. The van der Waals surface area contributed by atoms with E-state index in [2.05, 4.69) is 17.0 Å². The zero-order chi connectivity index (χ0) is 26.7. The van der Waals surface area contributed by atoms with E-state index in [0.29, 0.717) is 35.8 Å². The average Bonchev–Trinajstić information content (AvgIpc) is 2.80. The molecular weight excluding hydrogens is 498 g/mol. The fourth-order valence-corrected chi connectivity index (χ4v) is 4.52. The topological polar surface area (TPSA) is 78.5 Å². The van der Waals surface area contributed by atoms with Crippen LogP contribution in [-0.2, 0) is 34.1 Å². The molecular formula is C25H31F4N3O3S. The molecule has 2 aromatic carbocycles.